The van der Waals surface area contributed by atoms with Gasteiger partial charge in [-0.15, -0.1) is 0 Å². The Labute approximate surface area is 120 Å². The number of amides is 3. The number of carbonyl (C=O) groups excluding carboxylic acids is 2. The highest BCUT2D eigenvalue weighted by atomic mass is 16.5. The van der Waals surface area contributed by atoms with Gasteiger partial charge in [0.05, 0.1) is 6.10 Å². The number of piperidine rings is 1. The Morgan fingerprint density at radius 1 is 1.30 bits per heavy atom. The van der Waals surface area contributed by atoms with Gasteiger partial charge in [-0.25, -0.2) is 4.79 Å². The number of hydrogen-bond donors (Lipinski definition) is 2. The first-order valence-electron chi connectivity index (χ1n) is 7.48. The predicted molar refractivity (Wildman–Crippen MR) is 75.1 cm³/mol. The molecule has 3 N–H and O–H groups in total. The van der Waals surface area contributed by atoms with Gasteiger partial charge in [0.15, 0.2) is 0 Å². The van der Waals surface area contributed by atoms with Crippen LogP contribution in [0.15, 0.2) is 0 Å². The minimum atomic E-state index is -0.495. The zero-order chi connectivity index (χ0) is 14.7. The highest BCUT2D eigenvalue weighted by Gasteiger charge is 2.31. The highest BCUT2D eigenvalue weighted by molar-refractivity contribution is 5.79. The van der Waals surface area contributed by atoms with Crippen molar-refractivity contribution in [3.8, 4) is 0 Å². The molecular weight excluding hydrogens is 258 g/mol. The molecule has 2 aliphatic rings. The van der Waals surface area contributed by atoms with Crippen molar-refractivity contribution in [1.82, 2.24) is 10.2 Å². The molecule has 0 unspecified atom stereocenters. The van der Waals surface area contributed by atoms with E-state index in [-0.39, 0.29) is 18.2 Å². The lowest BCUT2D eigenvalue weighted by molar-refractivity contribution is -0.128. The molecule has 2 fully saturated rings. The van der Waals surface area contributed by atoms with Crippen molar-refractivity contribution in [1.29, 1.82) is 0 Å². The van der Waals surface area contributed by atoms with Gasteiger partial charge < -0.3 is 20.7 Å². The Morgan fingerprint density at radius 3 is 2.70 bits per heavy atom. The molecular formula is C14H25N3O3. The fraction of sp³-hybridized carbons (Fsp3) is 0.857. The third-order valence-electron chi connectivity index (χ3n) is 4.54. The first-order chi connectivity index (χ1) is 9.49. The Hall–Kier alpha value is -1.30. The fourth-order valence-electron chi connectivity index (χ4n) is 2.99. The molecule has 6 nitrogen and oxygen atoms in total. The largest absolute Gasteiger partial charge is 0.367 e. The number of hydrogen-bond acceptors (Lipinski definition) is 3. The predicted octanol–water partition coefficient (Wildman–Crippen LogP) is 0.849. The summed E-state index contributed by atoms with van der Waals surface area (Å²) >= 11 is 0. The number of nitrogens with zero attached hydrogens (tertiary/aromatic N) is 1. The van der Waals surface area contributed by atoms with Crippen LogP contribution >= 0.6 is 0 Å². The molecule has 20 heavy (non-hydrogen) atoms. The summed E-state index contributed by atoms with van der Waals surface area (Å²) in [6, 6.07) is 0.238. The quantitative estimate of drug-likeness (QED) is 0.805. The molecule has 114 valence electrons. The number of likely N-dealkylation sites (tertiary alicyclic amines) is 1. The minimum absolute atomic E-state index is 0.0322. The van der Waals surface area contributed by atoms with Crippen LogP contribution in [0.2, 0.25) is 0 Å². The molecule has 2 aliphatic heterocycles. The number of nitrogens with one attached hydrogen (secondary N) is 1. The van der Waals surface area contributed by atoms with Crippen molar-refractivity contribution in [2.75, 3.05) is 13.1 Å². The molecule has 0 spiro atoms. The van der Waals surface area contributed by atoms with Crippen LogP contribution in [0.3, 0.4) is 0 Å². The molecule has 2 saturated heterocycles. The monoisotopic (exact) mass is 283 g/mol. The smallest absolute Gasteiger partial charge is 0.317 e. The van der Waals surface area contributed by atoms with Crippen LogP contribution in [0, 0.1) is 5.92 Å². The van der Waals surface area contributed by atoms with Crippen molar-refractivity contribution >= 4 is 11.9 Å². The topological polar surface area (TPSA) is 84.7 Å². The van der Waals surface area contributed by atoms with E-state index < -0.39 is 12.0 Å². The first kappa shape index (κ1) is 15.1. The number of ether oxygens (including phenoxy) is 1. The average Bonchev–Trinajstić information content (AvgIpc) is 2.88. The Balaban J connectivity index is 1.76. The van der Waals surface area contributed by atoms with Gasteiger partial charge in [0.25, 0.3) is 0 Å². The molecule has 2 heterocycles. The summed E-state index contributed by atoms with van der Waals surface area (Å²) in [5, 5.41) is 2.91. The molecule has 4 atom stereocenters. The lowest BCUT2D eigenvalue weighted by Crippen LogP contribution is -2.51. The third kappa shape index (κ3) is 3.42. The number of carbonyl (C=O) groups is 2. The third-order valence-corrected chi connectivity index (χ3v) is 4.54. The van der Waals surface area contributed by atoms with Gasteiger partial charge in [-0.05, 0) is 38.5 Å². The standard InChI is InChI=1S/C14H25N3O3/c1-9-4-3-7-17(10(9)2)14(19)16-8-11-5-6-12(20-11)13(15)18/h9-12H,3-8H2,1-2H3,(H2,15,18)(H,16,19)/t9-,10+,11+,12-/m1/s1. The Morgan fingerprint density at radius 2 is 2.05 bits per heavy atom. The number of urea groups is 1. The normalized spacial score (nSPS) is 34.0. The zero-order valence-corrected chi connectivity index (χ0v) is 12.3. The number of primary amides is 1. The van der Waals surface area contributed by atoms with Crippen LogP contribution in [0.5, 0.6) is 0 Å². The maximum absolute atomic E-state index is 12.2. The fourth-order valence-corrected chi connectivity index (χ4v) is 2.99. The summed E-state index contributed by atoms with van der Waals surface area (Å²) in [6.45, 7) is 5.53. The Bertz CT molecular complexity index is 375. The highest BCUT2D eigenvalue weighted by Crippen LogP contribution is 2.23. The van der Waals surface area contributed by atoms with Crippen molar-refractivity contribution in [2.24, 2.45) is 11.7 Å². The molecule has 0 saturated carbocycles. The summed E-state index contributed by atoms with van der Waals surface area (Å²) in [5.41, 5.74) is 5.21. The summed E-state index contributed by atoms with van der Waals surface area (Å²) in [4.78, 5) is 25.1. The SMILES string of the molecule is C[C@@H]1CCCN(C(=O)NC[C@@H]2CC[C@H](C(N)=O)O2)[C@H]1C. The molecule has 6 heteroatoms. The van der Waals surface area contributed by atoms with Crippen LogP contribution in [0.4, 0.5) is 4.79 Å². The molecule has 0 bridgehead atoms. The van der Waals surface area contributed by atoms with Gasteiger partial charge in [-0.2, -0.15) is 0 Å². The van der Waals surface area contributed by atoms with E-state index in [9.17, 15) is 9.59 Å². The van der Waals surface area contributed by atoms with Crippen molar-refractivity contribution in [3.05, 3.63) is 0 Å². The van der Waals surface area contributed by atoms with Crippen molar-refractivity contribution < 1.29 is 14.3 Å². The molecule has 0 radical (unpaired) electrons. The van der Waals surface area contributed by atoms with E-state index in [4.69, 9.17) is 10.5 Å². The van der Waals surface area contributed by atoms with Gasteiger partial charge in [-0.1, -0.05) is 6.92 Å². The van der Waals surface area contributed by atoms with Gasteiger partial charge in [0.1, 0.15) is 6.10 Å². The van der Waals surface area contributed by atoms with Crippen LogP contribution in [0.1, 0.15) is 39.5 Å². The van der Waals surface area contributed by atoms with E-state index in [0.29, 0.717) is 18.9 Å². The van der Waals surface area contributed by atoms with E-state index in [0.717, 1.165) is 19.4 Å². The first-order valence-corrected chi connectivity index (χ1v) is 7.48. The van der Waals surface area contributed by atoms with E-state index in [1.807, 2.05) is 4.90 Å². The van der Waals surface area contributed by atoms with Crippen LogP contribution in [-0.4, -0.2) is 48.2 Å². The second kappa shape index (κ2) is 6.43. The summed E-state index contributed by atoms with van der Waals surface area (Å²) < 4.78 is 5.50. The van der Waals surface area contributed by atoms with Crippen LogP contribution in [0.25, 0.3) is 0 Å². The lowest BCUT2D eigenvalue weighted by atomic mass is 9.92. The van der Waals surface area contributed by atoms with Gasteiger partial charge in [0, 0.05) is 19.1 Å². The maximum atomic E-state index is 12.2. The van der Waals surface area contributed by atoms with E-state index in [1.54, 1.807) is 0 Å². The summed E-state index contributed by atoms with van der Waals surface area (Å²) in [6.07, 6.45) is 3.05. The average molecular weight is 283 g/mol. The molecule has 2 rings (SSSR count). The zero-order valence-electron chi connectivity index (χ0n) is 12.3. The van der Waals surface area contributed by atoms with E-state index in [1.165, 1.54) is 6.42 Å². The van der Waals surface area contributed by atoms with Crippen molar-refractivity contribution in [2.45, 2.75) is 57.8 Å². The maximum Gasteiger partial charge on any atom is 0.317 e. The van der Waals surface area contributed by atoms with Crippen molar-refractivity contribution in [3.63, 3.8) is 0 Å². The van der Waals surface area contributed by atoms with Gasteiger partial charge in [-0.3, -0.25) is 4.79 Å². The van der Waals surface area contributed by atoms with Crippen LogP contribution in [-0.2, 0) is 9.53 Å². The minimum Gasteiger partial charge on any atom is -0.367 e. The Kier molecular flexibility index (Phi) is 4.86. The van der Waals surface area contributed by atoms with Gasteiger partial charge >= 0.3 is 6.03 Å². The van der Waals surface area contributed by atoms with E-state index in [2.05, 4.69) is 19.2 Å². The van der Waals surface area contributed by atoms with Crippen LogP contribution < -0.4 is 11.1 Å². The van der Waals surface area contributed by atoms with Gasteiger partial charge in [0.2, 0.25) is 5.91 Å². The molecule has 3 amide bonds. The molecule has 0 aromatic rings. The summed E-state index contributed by atoms with van der Waals surface area (Å²) in [7, 11) is 0. The number of rotatable bonds is 3. The lowest BCUT2D eigenvalue weighted by Gasteiger charge is -2.38. The second-order valence-electron chi connectivity index (χ2n) is 5.97. The molecule has 0 aromatic heterocycles. The molecule has 0 aromatic carbocycles. The summed E-state index contributed by atoms with van der Waals surface area (Å²) in [5.74, 6) is 0.119. The van der Waals surface area contributed by atoms with E-state index >= 15 is 0 Å². The molecule has 0 aliphatic carbocycles. The number of nitrogens with two attached hydrogens (primary N) is 1. The second-order valence-corrected chi connectivity index (χ2v) is 5.97.